The molecule has 2 aromatic carbocycles. The van der Waals surface area contributed by atoms with Gasteiger partial charge in [0.2, 0.25) is 0 Å². The first-order chi connectivity index (χ1) is 14.0. The number of hydrogen-bond donors (Lipinski definition) is 2. The highest BCUT2D eigenvalue weighted by atomic mass is 35.5. The molecule has 2 aromatic heterocycles. The second-order valence-electron chi connectivity index (χ2n) is 6.23. The van der Waals surface area contributed by atoms with Crippen LogP contribution in [0.5, 0.6) is 11.5 Å². The van der Waals surface area contributed by atoms with E-state index in [4.69, 9.17) is 21.1 Å². The Morgan fingerprint density at radius 2 is 1.83 bits per heavy atom. The lowest BCUT2D eigenvalue weighted by atomic mass is 10.0. The Bertz CT molecular complexity index is 1220. The summed E-state index contributed by atoms with van der Waals surface area (Å²) in [6.45, 7) is 0. The molecule has 0 saturated carbocycles. The third-order valence-electron chi connectivity index (χ3n) is 4.57. The van der Waals surface area contributed by atoms with Crippen LogP contribution in [0.25, 0.3) is 33.5 Å². The van der Waals surface area contributed by atoms with Crippen LogP contribution in [0.3, 0.4) is 0 Å². The third kappa shape index (κ3) is 3.36. The fourth-order valence-electron chi connectivity index (χ4n) is 3.17. The van der Waals surface area contributed by atoms with Crippen LogP contribution < -0.4 is 9.47 Å². The van der Waals surface area contributed by atoms with E-state index in [0.29, 0.717) is 38.9 Å². The summed E-state index contributed by atoms with van der Waals surface area (Å²) >= 11 is 5.96. The van der Waals surface area contributed by atoms with Crippen LogP contribution >= 0.6 is 11.6 Å². The maximum absolute atomic E-state index is 12.1. The molecule has 0 spiro atoms. The van der Waals surface area contributed by atoms with Gasteiger partial charge in [0.05, 0.1) is 36.6 Å². The standard InChI is InChI=1S/C21H16ClN3O4/c1-28-13-7-8-17(29-2)14(9-13)16-10-15(21(26)27)18-19(24-25-20(18)23-16)11-3-5-12(22)6-4-11/h3-10H,1-2H3,(H,26,27)(H,23,24,25). The molecule has 4 aromatic rings. The van der Waals surface area contributed by atoms with Crippen molar-refractivity contribution in [3.63, 3.8) is 0 Å². The van der Waals surface area contributed by atoms with Gasteiger partial charge >= 0.3 is 5.97 Å². The number of aromatic nitrogens is 3. The quantitative estimate of drug-likeness (QED) is 0.497. The first-order valence-electron chi connectivity index (χ1n) is 8.62. The first-order valence-corrected chi connectivity index (χ1v) is 9.00. The molecule has 4 rings (SSSR count). The minimum Gasteiger partial charge on any atom is -0.497 e. The number of benzene rings is 2. The number of hydrogen-bond acceptors (Lipinski definition) is 5. The highest BCUT2D eigenvalue weighted by molar-refractivity contribution is 6.30. The molecule has 0 aliphatic rings. The largest absolute Gasteiger partial charge is 0.497 e. The van der Waals surface area contributed by atoms with Crippen LogP contribution in [0.2, 0.25) is 5.02 Å². The number of carboxylic acids is 1. The average molecular weight is 410 g/mol. The molecule has 0 saturated heterocycles. The highest BCUT2D eigenvalue weighted by Gasteiger charge is 2.21. The van der Waals surface area contributed by atoms with Crippen LogP contribution in [0.15, 0.2) is 48.5 Å². The molecule has 0 atom stereocenters. The molecule has 146 valence electrons. The Hall–Kier alpha value is -3.58. The van der Waals surface area contributed by atoms with Crippen LogP contribution in [0.4, 0.5) is 0 Å². The van der Waals surface area contributed by atoms with Crippen molar-refractivity contribution in [2.45, 2.75) is 0 Å². The number of methoxy groups -OCH3 is 2. The van der Waals surface area contributed by atoms with Crippen molar-refractivity contribution in [1.29, 1.82) is 0 Å². The van der Waals surface area contributed by atoms with E-state index in [1.54, 1.807) is 49.6 Å². The predicted octanol–water partition coefficient (Wildman–Crippen LogP) is 4.66. The molecule has 0 radical (unpaired) electrons. The number of H-pyrrole nitrogens is 1. The van der Waals surface area contributed by atoms with Gasteiger partial charge in [0.1, 0.15) is 11.5 Å². The molecule has 2 heterocycles. The SMILES string of the molecule is COc1ccc(OC)c(-c2cc(C(=O)O)c3c(-c4ccc(Cl)cc4)[nH]nc3n2)c1. The molecule has 0 unspecified atom stereocenters. The van der Waals surface area contributed by atoms with Gasteiger partial charge in [0, 0.05) is 16.1 Å². The lowest BCUT2D eigenvalue weighted by Crippen LogP contribution is -2.01. The number of rotatable bonds is 5. The second kappa shape index (κ2) is 7.44. The number of carboxylic acid groups (broad SMARTS) is 1. The van der Waals surface area contributed by atoms with Crippen molar-refractivity contribution >= 4 is 28.6 Å². The minimum absolute atomic E-state index is 0.0774. The van der Waals surface area contributed by atoms with Crippen LogP contribution in [-0.4, -0.2) is 40.5 Å². The summed E-state index contributed by atoms with van der Waals surface area (Å²) in [6, 6.07) is 13.8. The van der Waals surface area contributed by atoms with Crippen molar-refractivity contribution < 1.29 is 19.4 Å². The van der Waals surface area contributed by atoms with Gasteiger partial charge < -0.3 is 14.6 Å². The lowest BCUT2D eigenvalue weighted by Gasteiger charge is -2.11. The van der Waals surface area contributed by atoms with Gasteiger partial charge in [0.25, 0.3) is 0 Å². The van der Waals surface area contributed by atoms with E-state index < -0.39 is 5.97 Å². The summed E-state index contributed by atoms with van der Waals surface area (Å²) in [5.41, 5.74) is 2.70. The number of carbonyl (C=O) groups is 1. The van der Waals surface area contributed by atoms with Crippen molar-refractivity contribution in [3.8, 4) is 34.0 Å². The van der Waals surface area contributed by atoms with Gasteiger partial charge in [-0.15, -0.1) is 0 Å². The Kier molecular flexibility index (Phi) is 4.82. The van der Waals surface area contributed by atoms with Crippen molar-refractivity contribution in [1.82, 2.24) is 15.2 Å². The van der Waals surface area contributed by atoms with Crippen molar-refractivity contribution in [2.75, 3.05) is 14.2 Å². The number of nitrogens with one attached hydrogen (secondary N) is 1. The smallest absolute Gasteiger partial charge is 0.336 e. The van der Waals surface area contributed by atoms with Crippen molar-refractivity contribution in [3.05, 3.63) is 59.1 Å². The van der Waals surface area contributed by atoms with Gasteiger partial charge in [-0.1, -0.05) is 23.7 Å². The maximum Gasteiger partial charge on any atom is 0.336 e. The number of nitrogens with zero attached hydrogens (tertiary/aromatic N) is 2. The van der Waals surface area contributed by atoms with Gasteiger partial charge in [0.15, 0.2) is 5.65 Å². The third-order valence-corrected chi connectivity index (χ3v) is 4.82. The highest BCUT2D eigenvalue weighted by Crippen LogP contribution is 2.36. The molecule has 29 heavy (non-hydrogen) atoms. The molecule has 7 nitrogen and oxygen atoms in total. The second-order valence-corrected chi connectivity index (χ2v) is 6.67. The minimum atomic E-state index is -1.09. The monoisotopic (exact) mass is 409 g/mol. The zero-order valence-electron chi connectivity index (χ0n) is 15.6. The number of halogens is 1. The zero-order chi connectivity index (χ0) is 20.5. The molecule has 0 bridgehead atoms. The zero-order valence-corrected chi connectivity index (χ0v) is 16.3. The van der Waals surface area contributed by atoms with E-state index >= 15 is 0 Å². The Labute approximate surface area is 170 Å². The van der Waals surface area contributed by atoms with E-state index in [1.165, 1.54) is 13.2 Å². The number of aromatic carboxylic acids is 1. The van der Waals surface area contributed by atoms with Crippen LogP contribution in [0.1, 0.15) is 10.4 Å². The maximum atomic E-state index is 12.1. The Morgan fingerprint density at radius 1 is 1.07 bits per heavy atom. The molecular weight excluding hydrogens is 394 g/mol. The summed E-state index contributed by atoms with van der Waals surface area (Å²) in [5.74, 6) is 0.0584. The molecule has 0 aliphatic heterocycles. The summed E-state index contributed by atoms with van der Waals surface area (Å²) < 4.78 is 10.7. The molecule has 8 heteroatoms. The number of aromatic amines is 1. The van der Waals surface area contributed by atoms with Crippen LogP contribution in [0, 0.1) is 0 Å². The molecule has 0 fully saturated rings. The summed E-state index contributed by atoms with van der Waals surface area (Å²) in [7, 11) is 3.09. The summed E-state index contributed by atoms with van der Waals surface area (Å²) in [6.07, 6.45) is 0. The van der Waals surface area contributed by atoms with Gasteiger partial charge in [-0.05, 0) is 36.4 Å². The topological polar surface area (TPSA) is 97.3 Å². The van der Waals surface area contributed by atoms with E-state index in [0.717, 1.165) is 5.56 Å². The number of ether oxygens (including phenoxy) is 2. The fourth-order valence-corrected chi connectivity index (χ4v) is 3.30. The van der Waals surface area contributed by atoms with E-state index in [-0.39, 0.29) is 11.2 Å². The van der Waals surface area contributed by atoms with Gasteiger partial charge in [-0.3, -0.25) is 5.10 Å². The first kappa shape index (κ1) is 18.8. The lowest BCUT2D eigenvalue weighted by molar-refractivity contribution is 0.0699. The number of fused-ring (bicyclic) bond motifs is 1. The average Bonchev–Trinajstić information content (AvgIpc) is 3.17. The fraction of sp³-hybridized carbons (Fsp3) is 0.0952. The molecular formula is C21H16ClN3O4. The molecule has 2 N–H and O–H groups in total. The predicted molar refractivity (Wildman–Crippen MR) is 110 cm³/mol. The molecule has 0 aliphatic carbocycles. The van der Waals surface area contributed by atoms with Crippen LogP contribution in [-0.2, 0) is 0 Å². The normalized spacial score (nSPS) is 10.9. The van der Waals surface area contributed by atoms with Gasteiger partial charge in [-0.25, -0.2) is 9.78 Å². The summed E-state index contributed by atoms with van der Waals surface area (Å²) in [4.78, 5) is 16.6. The van der Waals surface area contributed by atoms with E-state index in [1.807, 2.05) is 0 Å². The number of pyridine rings is 1. The van der Waals surface area contributed by atoms with Crippen molar-refractivity contribution in [2.24, 2.45) is 0 Å². The molecule has 0 amide bonds. The van der Waals surface area contributed by atoms with E-state index in [2.05, 4.69) is 15.2 Å². The Balaban J connectivity index is 1.96. The van der Waals surface area contributed by atoms with E-state index in [9.17, 15) is 9.90 Å². The summed E-state index contributed by atoms with van der Waals surface area (Å²) in [5, 5.41) is 18.0. The Morgan fingerprint density at radius 3 is 2.48 bits per heavy atom. The van der Waals surface area contributed by atoms with Gasteiger partial charge in [-0.2, -0.15) is 5.10 Å².